The molecule has 0 aliphatic heterocycles. The zero-order chi connectivity index (χ0) is 11.0. The number of thiophene rings is 2. The van der Waals surface area contributed by atoms with Crippen molar-refractivity contribution in [1.29, 1.82) is 0 Å². The third-order valence-corrected chi connectivity index (χ3v) is 4.52. The van der Waals surface area contributed by atoms with Gasteiger partial charge in [0, 0.05) is 15.1 Å². The first-order valence-electron chi connectivity index (χ1n) is 5.04. The number of fused-ring (bicyclic) bond motifs is 1. The normalized spacial score (nSPS) is 13.1. The van der Waals surface area contributed by atoms with Crippen molar-refractivity contribution < 1.29 is 5.11 Å². The van der Waals surface area contributed by atoms with Crippen molar-refractivity contribution in [3.8, 4) is 0 Å². The Labute approximate surface area is 102 Å². The molecule has 0 saturated carbocycles. The lowest BCUT2D eigenvalue weighted by molar-refractivity contribution is 0.226. The van der Waals surface area contributed by atoms with E-state index in [-0.39, 0.29) is 0 Å². The minimum Gasteiger partial charge on any atom is -0.383 e. The smallest absolute Gasteiger partial charge is 0.115 e. The first kappa shape index (κ1) is 10.0. The molecule has 2 aromatic heterocycles. The molecule has 0 aliphatic rings. The van der Waals surface area contributed by atoms with Crippen LogP contribution in [-0.4, -0.2) is 5.11 Å². The molecule has 1 atom stereocenters. The molecule has 3 heteroatoms. The number of hydrogen-bond acceptors (Lipinski definition) is 3. The number of rotatable bonds is 2. The molecule has 3 aromatic rings. The van der Waals surface area contributed by atoms with Crippen molar-refractivity contribution in [3.63, 3.8) is 0 Å². The minimum atomic E-state index is -0.490. The summed E-state index contributed by atoms with van der Waals surface area (Å²) in [4.78, 5) is 1.00. The van der Waals surface area contributed by atoms with E-state index in [2.05, 4.69) is 17.5 Å². The van der Waals surface area contributed by atoms with E-state index in [9.17, 15) is 5.11 Å². The molecule has 80 valence electrons. The van der Waals surface area contributed by atoms with Crippen LogP contribution in [0.2, 0.25) is 0 Å². The summed E-state index contributed by atoms with van der Waals surface area (Å²) in [6.45, 7) is 0. The minimum absolute atomic E-state index is 0.490. The first-order valence-corrected chi connectivity index (χ1v) is 6.80. The van der Waals surface area contributed by atoms with E-state index < -0.39 is 6.10 Å². The van der Waals surface area contributed by atoms with Gasteiger partial charge in [-0.25, -0.2) is 0 Å². The van der Waals surface area contributed by atoms with Gasteiger partial charge in [0.25, 0.3) is 0 Å². The zero-order valence-corrected chi connectivity index (χ0v) is 10.1. The van der Waals surface area contributed by atoms with E-state index in [1.54, 1.807) is 22.7 Å². The van der Waals surface area contributed by atoms with Crippen molar-refractivity contribution >= 4 is 32.8 Å². The van der Waals surface area contributed by atoms with Gasteiger partial charge in [-0.3, -0.25) is 0 Å². The van der Waals surface area contributed by atoms with Crippen LogP contribution in [0.1, 0.15) is 16.5 Å². The van der Waals surface area contributed by atoms with Gasteiger partial charge in [-0.1, -0.05) is 24.3 Å². The molecule has 1 nitrogen and oxygen atoms in total. The predicted octanol–water partition coefficient (Wildman–Crippen LogP) is 4.04. The Bertz CT molecular complexity index is 595. The van der Waals surface area contributed by atoms with Gasteiger partial charge in [0.15, 0.2) is 0 Å². The van der Waals surface area contributed by atoms with Crippen LogP contribution in [0.25, 0.3) is 10.1 Å². The molecule has 0 unspecified atom stereocenters. The molecule has 16 heavy (non-hydrogen) atoms. The number of aliphatic hydroxyl groups is 1. The molecule has 1 N–H and O–H groups in total. The molecule has 0 amide bonds. The van der Waals surface area contributed by atoms with Gasteiger partial charge < -0.3 is 5.11 Å². The van der Waals surface area contributed by atoms with E-state index >= 15 is 0 Å². The van der Waals surface area contributed by atoms with Crippen molar-refractivity contribution in [2.24, 2.45) is 0 Å². The summed E-state index contributed by atoms with van der Waals surface area (Å²) in [5.74, 6) is 0. The van der Waals surface area contributed by atoms with Gasteiger partial charge in [0.2, 0.25) is 0 Å². The second kappa shape index (κ2) is 4.01. The molecule has 0 aliphatic carbocycles. The van der Waals surface area contributed by atoms with Gasteiger partial charge in [-0.2, -0.15) is 0 Å². The fourth-order valence-corrected chi connectivity index (χ4v) is 3.52. The molecule has 0 spiro atoms. The highest BCUT2D eigenvalue weighted by Gasteiger charge is 2.15. The van der Waals surface area contributed by atoms with Gasteiger partial charge >= 0.3 is 0 Å². The highest BCUT2D eigenvalue weighted by Crippen LogP contribution is 2.34. The zero-order valence-electron chi connectivity index (χ0n) is 8.46. The highest BCUT2D eigenvalue weighted by molar-refractivity contribution is 7.17. The summed E-state index contributed by atoms with van der Waals surface area (Å²) >= 11 is 3.28. The maximum Gasteiger partial charge on any atom is 0.115 e. The SMILES string of the molecule is O[C@H](c1cccs1)c1csc2ccccc12. The van der Waals surface area contributed by atoms with Crippen LogP contribution >= 0.6 is 22.7 Å². The Morgan fingerprint density at radius 3 is 2.69 bits per heavy atom. The Morgan fingerprint density at radius 1 is 1.00 bits per heavy atom. The summed E-state index contributed by atoms with van der Waals surface area (Å²) in [7, 11) is 0. The summed E-state index contributed by atoms with van der Waals surface area (Å²) in [5.41, 5.74) is 1.02. The third kappa shape index (κ3) is 1.57. The highest BCUT2D eigenvalue weighted by atomic mass is 32.1. The van der Waals surface area contributed by atoms with Crippen molar-refractivity contribution in [1.82, 2.24) is 0 Å². The number of hydrogen-bond donors (Lipinski definition) is 1. The van der Waals surface area contributed by atoms with Crippen molar-refractivity contribution in [2.75, 3.05) is 0 Å². The Morgan fingerprint density at radius 2 is 1.88 bits per heavy atom. The maximum absolute atomic E-state index is 10.3. The van der Waals surface area contributed by atoms with Crippen LogP contribution in [0, 0.1) is 0 Å². The summed E-state index contributed by atoms with van der Waals surface area (Å²) in [6, 6.07) is 12.1. The molecular weight excluding hydrogens is 236 g/mol. The second-order valence-corrected chi connectivity index (χ2v) is 5.50. The maximum atomic E-state index is 10.3. The topological polar surface area (TPSA) is 20.2 Å². The lowest BCUT2D eigenvalue weighted by Gasteiger charge is -2.06. The monoisotopic (exact) mass is 246 g/mol. The molecule has 0 radical (unpaired) electrons. The largest absolute Gasteiger partial charge is 0.383 e. The van der Waals surface area contributed by atoms with Crippen molar-refractivity contribution in [3.05, 3.63) is 57.6 Å². The predicted molar refractivity (Wildman–Crippen MR) is 70.2 cm³/mol. The van der Waals surface area contributed by atoms with Gasteiger partial charge in [0.1, 0.15) is 6.10 Å². The Hall–Kier alpha value is -1.16. The van der Waals surface area contributed by atoms with E-state index in [1.165, 1.54) is 4.70 Å². The average molecular weight is 246 g/mol. The van der Waals surface area contributed by atoms with E-state index in [4.69, 9.17) is 0 Å². The lowest BCUT2D eigenvalue weighted by atomic mass is 10.1. The third-order valence-electron chi connectivity index (χ3n) is 2.62. The lowest BCUT2D eigenvalue weighted by Crippen LogP contribution is -1.94. The van der Waals surface area contributed by atoms with Crippen LogP contribution < -0.4 is 0 Å². The van der Waals surface area contributed by atoms with Crippen LogP contribution in [0.4, 0.5) is 0 Å². The number of benzene rings is 1. The van der Waals surface area contributed by atoms with Gasteiger partial charge in [-0.15, -0.1) is 22.7 Å². The standard InChI is InChI=1S/C13H10OS2/c14-13(12-6-3-7-15-12)10-8-16-11-5-2-1-4-9(10)11/h1-8,13-14H/t13-/m0/s1. The quantitative estimate of drug-likeness (QED) is 0.723. The number of aliphatic hydroxyl groups excluding tert-OH is 1. The van der Waals surface area contributed by atoms with Crippen LogP contribution in [-0.2, 0) is 0 Å². The van der Waals surface area contributed by atoms with Crippen LogP contribution in [0.5, 0.6) is 0 Å². The van der Waals surface area contributed by atoms with Gasteiger partial charge in [-0.05, 0) is 28.3 Å². The average Bonchev–Trinajstić information content (AvgIpc) is 2.98. The fraction of sp³-hybridized carbons (Fsp3) is 0.0769. The first-order chi connectivity index (χ1) is 7.86. The molecule has 0 saturated heterocycles. The van der Waals surface area contributed by atoms with Crippen LogP contribution in [0.3, 0.4) is 0 Å². The molecule has 1 aromatic carbocycles. The Balaban J connectivity index is 2.12. The summed E-state index contributed by atoms with van der Waals surface area (Å²) < 4.78 is 1.23. The molecule has 3 rings (SSSR count). The van der Waals surface area contributed by atoms with Crippen molar-refractivity contribution in [2.45, 2.75) is 6.10 Å². The van der Waals surface area contributed by atoms with Crippen LogP contribution in [0.15, 0.2) is 47.2 Å². The van der Waals surface area contributed by atoms with E-state index in [1.807, 2.05) is 29.6 Å². The fourth-order valence-electron chi connectivity index (χ4n) is 1.81. The Kier molecular flexibility index (Phi) is 2.52. The molecule has 2 heterocycles. The molecule has 0 fully saturated rings. The van der Waals surface area contributed by atoms with E-state index in [0.717, 1.165) is 15.8 Å². The summed E-state index contributed by atoms with van der Waals surface area (Å²) in [5, 5.41) is 15.5. The van der Waals surface area contributed by atoms with Gasteiger partial charge in [0.05, 0.1) is 0 Å². The van der Waals surface area contributed by atoms with E-state index in [0.29, 0.717) is 0 Å². The second-order valence-electron chi connectivity index (χ2n) is 3.61. The molecule has 0 bridgehead atoms. The molecular formula is C13H10OS2. The summed E-state index contributed by atoms with van der Waals surface area (Å²) in [6.07, 6.45) is -0.490.